The number of carbonyl (C=O) groups is 2. The monoisotopic (exact) mass is 356 g/mol. The van der Waals surface area contributed by atoms with Crippen LogP contribution in [0.5, 0.6) is 0 Å². The van der Waals surface area contributed by atoms with Crippen LogP contribution in [0.4, 0.5) is 48.3 Å². The average Bonchev–Trinajstić information content (AvgIpc) is 2.36. The highest BCUT2D eigenvalue weighted by atomic mass is 19.4. The molecule has 0 heterocycles. The largest absolute Gasteiger partial charge is 0.464 e. The summed E-state index contributed by atoms with van der Waals surface area (Å²) in [5.74, 6) is -40.0. The Bertz CT molecular complexity index is 470. The summed E-state index contributed by atoms with van der Waals surface area (Å²) in [5.41, 5.74) is 0. The minimum Gasteiger partial charge on any atom is -0.464 e. The third-order valence-corrected chi connectivity index (χ3v) is 2.27. The first kappa shape index (κ1) is 20.4. The molecule has 0 aliphatic heterocycles. The Hall–Kier alpha value is -1.63. The average molecular weight is 356 g/mol. The van der Waals surface area contributed by atoms with Gasteiger partial charge in [-0.3, -0.25) is 4.79 Å². The van der Waals surface area contributed by atoms with Crippen LogP contribution >= 0.6 is 0 Å². The van der Waals surface area contributed by atoms with Crippen LogP contribution < -0.4 is 0 Å². The summed E-state index contributed by atoms with van der Waals surface area (Å²) in [6.45, 7) is 0. The standard InChI is InChI=1S/C8H3F11O3/c1-22-3(21)5(12,13)7(16,17)8(18,19)6(14,15)4(10,11)2(9)20/h1H3. The van der Waals surface area contributed by atoms with Crippen molar-refractivity contribution in [2.75, 3.05) is 7.11 Å². The van der Waals surface area contributed by atoms with Gasteiger partial charge in [0.25, 0.3) is 0 Å². The number of methoxy groups -OCH3 is 1. The van der Waals surface area contributed by atoms with Crippen LogP contribution in [0.15, 0.2) is 0 Å². The van der Waals surface area contributed by atoms with Crippen molar-refractivity contribution in [2.24, 2.45) is 0 Å². The molecule has 0 N–H and O–H groups in total. The van der Waals surface area contributed by atoms with Crippen molar-refractivity contribution in [3.05, 3.63) is 0 Å². The van der Waals surface area contributed by atoms with Gasteiger partial charge >= 0.3 is 41.6 Å². The van der Waals surface area contributed by atoms with Gasteiger partial charge in [0.2, 0.25) is 0 Å². The van der Waals surface area contributed by atoms with E-state index in [2.05, 4.69) is 4.74 Å². The van der Waals surface area contributed by atoms with Crippen molar-refractivity contribution < 1.29 is 62.6 Å². The van der Waals surface area contributed by atoms with Crippen molar-refractivity contribution in [3.63, 3.8) is 0 Å². The van der Waals surface area contributed by atoms with E-state index < -0.39 is 41.6 Å². The Morgan fingerprint density at radius 1 is 0.682 bits per heavy atom. The van der Waals surface area contributed by atoms with E-state index in [-0.39, 0.29) is 7.11 Å². The van der Waals surface area contributed by atoms with Crippen LogP contribution in [-0.2, 0) is 14.3 Å². The zero-order valence-corrected chi connectivity index (χ0v) is 9.88. The van der Waals surface area contributed by atoms with Crippen LogP contribution in [-0.4, -0.2) is 48.7 Å². The molecule has 0 spiro atoms. The Balaban J connectivity index is 6.22. The second-order valence-corrected chi connectivity index (χ2v) is 3.64. The lowest BCUT2D eigenvalue weighted by Crippen LogP contribution is -2.69. The molecule has 0 atom stereocenters. The molecule has 3 nitrogen and oxygen atoms in total. The van der Waals surface area contributed by atoms with Crippen molar-refractivity contribution in [1.82, 2.24) is 0 Å². The topological polar surface area (TPSA) is 43.4 Å². The van der Waals surface area contributed by atoms with Crippen LogP contribution in [0.25, 0.3) is 0 Å². The molecule has 0 rings (SSSR count). The van der Waals surface area contributed by atoms with Gasteiger partial charge in [-0.2, -0.15) is 48.3 Å². The lowest BCUT2D eigenvalue weighted by molar-refractivity contribution is -0.390. The van der Waals surface area contributed by atoms with Gasteiger partial charge in [-0.25, -0.2) is 4.79 Å². The summed E-state index contributed by atoms with van der Waals surface area (Å²) in [6.07, 6.45) is 0. The first-order valence-electron chi connectivity index (χ1n) is 4.60. The van der Waals surface area contributed by atoms with E-state index in [0.29, 0.717) is 0 Å². The van der Waals surface area contributed by atoms with Gasteiger partial charge in [-0.15, -0.1) is 0 Å². The van der Waals surface area contributed by atoms with Crippen molar-refractivity contribution in [2.45, 2.75) is 29.6 Å². The van der Waals surface area contributed by atoms with E-state index >= 15 is 0 Å². The second-order valence-electron chi connectivity index (χ2n) is 3.64. The van der Waals surface area contributed by atoms with Gasteiger partial charge in [-0.1, -0.05) is 0 Å². The normalized spacial score (nSPS) is 14.7. The first-order chi connectivity index (χ1) is 9.42. The fraction of sp³-hybridized carbons (Fsp3) is 0.750. The number of alkyl halides is 10. The maximum atomic E-state index is 12.9. The lowest BCUT2D eigenvalue weighted by Gasteiger charge is -2.37. The van der Waals surface area contributed by atoms with Gasteiger partial charge in [0.15, 0.2) is 0 Å². The molecule has 0 unspecified atom stereocenters. The molecule has 0 aromatic rings. The Kier molecular flexibility index (Phi) is 4.84. The van der Waals surface area contributed by atoms with Gasteiger partial charge in [0.1, 0.15) is 0 Å². The summed E-state index contributed by atoms with van der Waals surface area (Å²) < 4.78 is 142. The molecule has 0 aromatic heterocycles. The molecular formula is C8H3F11O3. The van der Waals surface area contributed by atoms with E-state index in [1.54, 1.807) is 0 Å². The third-order valence-electron chi connectivity index (χ3n) is 2.27. The Morgan fingerprint density at radius 2 is 1.00 bits per heavy atom. The van der Waals surface area contributed by atoms with Crippen molar-refractivity contribution >= 4 is 12.0 Å². The second kappa shape index (κ2) is 5.22. The summed E-state index contributed by atoms with van der Waals surface area (Å²) in [4.78, 5) is 19.8. The predicted molar refractivity (Wildman–Crippen MR) is 42.9 cm³/mol. The van der Waals surface area contributed by atoms with Crippen LogP contribution in [0, 0.1) is 0 Å². The van der Waals surface area contributed by atoms with Crippen LogP contribution in [0.2, 0.25) is 0 Å². The molecule has 0 aromatic carbocycles. The number of ether oxygens (including phenoxy) is 1. The first-order valence-corrected chi connectivity index (χ1v) is 4.60. The number of carbonyl (C=O) groups excluding carboxylic acids is 2. The summed E-state index contributed by atoms with van der Waals surface area (Å²) in [5, 5.41) is 0. The smallest absolute Gasteiger partial charge is 0.410 e. The van der Waals surface area contributed by atoms with E-state index in [4.69, 9.17) is 0 Å². The molecule has 0 amide bonds. The van der Waals surface area contributed by atoms with Crippen LogP contribution in [0.1, 0.15) is 0 Å². The van der Waals surface area contributed by atoms with Crippen LogP contribution in [0.3, 0.4) is 0 Å². The summed E-state index contributed by atoms with van der Waals surface area (Å²) in [7, 11) is -0.0255. The Morgan fingerprint density at radius 3 is 1.27 bits per heavy atom. The van der Waals surface area contributed by atoms with Crippen molar-refractivity contribution in [3.8, 4) is 0 Å². The minimum atomic E-state index is -7.71. The van der Waals surface area contributed by atoms with E-state index in [1.807, 2.05) is 0 Å². The molecule has 0 aliphatic carbocycles. The predicted octanol–water partition coefficient (Wildman–Crippen LogP) is 2.83. The fourth-order valence-electron chi connectivity index (χ4n) is 0.971. The van der Waals surface area contributed by atoms with Gasteiger partial charge < -0.3 is 4.74 Å². The van der Waals surface area contributed by atoms with E-state index in [1.165, 1.54) is 0 Å². The number of rotatable bonds is 6. The molecule has 22 heavy (non-hydrogen) atoms. The highest BCUT2D eigenvalue weighted by molar-refractivity contribution is 5.80. The van der Waals surface area contributed by atoms with E-state index in [9.17, 15) is 57.9 Å². The Labute approximate surface area is 113 Å². The molecule has 0 fully saturated rings. The summed E-state index contributed by atoms with van der Waals surface area (Å²) in [6, 6.07) is -4.48. The lowest BCUT2D eigenvalue weighted by atomic mass is 9.94. The number of hydrogen-bond donors (Lipinski definition) is 0. The van der Waals surface area contributed by atoms with E-state index in [0.717, 1.165) is 0 Å². The number of hydrogen-bond acceptors (Lipinski definition) is 3. The zero-order chi connectivity index (χ0) is 18.4. The number of halogens is 11. The maximum Gasteiger partial charge on any atom is 0.410 e. The third kappa shape index (κ3) is 2.37. The highest BCUT2D eigenvalue weighted by Gasteiger charge is 2.89. The quantitative estimate of drug-likeness (QED) is 0.418. The molecule has 130 valence electrons. The maximum absolute atomic E-state index is 12.9. The van der Waals surface area contributed by atoms with Crippen molar-refractivity contribution in [1.29, 1.82) is 0 Å². The summed E-state index contributed by atoms with van der Waals surface area (Å²) >= 11 is 0. The highest BCUT2D eigenvalue weighted by Crippen LogP contribution is 2.57. The van der Waals surface area contributed by atoms with Gasteiger partial charge in [-0.05, 0) is 0 Å². The molecule has 0 saturated carbocycles. The minimum absolute atomic E-state index is 0.0255. The number of esters is 1. The molecule has 14 heteroatoms. The SMILES string of the molecule is COC(=O)C(F)(F)C(F)(F)C(F)(F)C(F)(F)C(F)(F)C(=O)F. The molecule has 0 bridgehead atoms. The van der Waals surface area contributed by atoms with Gasteiger partial charge in [0.05, 0.1) is 7.11 Å². The molecular weight excluding hydrogens is 353 g/mol. The van der Waals surface area contributed by atoms with Gasteiger partial charge in [0, 0.05) is 0 Å². The fourth-order valence-corrected chi connectivity index (χ4v) is 0.971. The molecule has 0 saturated heterocycles. The molecule has 0 aliphatic rings. The molecule has 0 radical (unpaired) electrons. The zero-order valence-electron chi connectivity index (χ0n) is 9.88.